The number of carbonyl (C=O) groups excluding carboxylic acids is 1. The molecule has 200 valence electrons. The molecular weight excluding hydrogens is 528 g/mol. The first-order valence-corrected chi connectivity index (χ1v) is 12.9. The van der Waals surface area contributed by atoms with Gasteiger partial charge in [-0.25, -0.2) is 4.79 Å². The Bertz CT molecular complexity index is 1750. The lowest BCUT2D eigenvalue weighted by molar-refractivity contribution is -0.128. The number of esters is 1. The molecule has 0 saturated carbocycles. The minimum atomic E-state index is -0.570. The summed E-state index contributed by atoms with van der Waals surface area (Å²) in [5.74, 6) is 1.05. The summed E-state index contributed by atoms with van der Waals surface area (Å²) < 4.78 is 22.6. The predicted molar refractivity (Wildman–Crippen MR) is 155 cm³/mol. The van der Waals surface area contributed by atoms with E-state index >= 15 is 0 Å². The summed E-state index contributed by atoms with van der Waals surface area (Å²) in [4.78, 5) is 25.4. The van der Waals surface area contributed by atoms with Gasteiger partial charge in [-0.2, -0.15) is 0 Å². The standard InChI is InChI=1S/C33H25ClO6/c1-21-3-4-22(2)29(17-21)40-31-20-38-30-18-27(14-15-28(30)33(31)36)39-32(35)16-9-23-7-12-26(13-8-23)37-19-24-5-10-25(34)11-6-24/h3-18,20H,19H2,1-2H3/b16-9+. The summed E-state index contributed by atoms with van der Waals surface area (Å²) in [6.07, 6.45) is 4.23. The lowest BCUT2D eigenvalue weighted by Crippen LogP contribution is -2.07. The second-order valence-electron chi connectivity index (χ2n) is 9.20. The van der Waals surface area contributed by atoms with Gasteiger partial charge in [-0.05, 0) is 84.6 Å². The van der Waals surface area contributed by atoms with E-state index in [-0.39, 0.29) is 22.5 Å². The van der Waals surface area contributed by atoms with Gasteiger partial charge in [-0.15, -0.1) is 0 Å². The molecule has 1 heterocycles. The van der Waals surface area contributed by atoms with Gasteiger partial charge in [0.15, 0.2) is 0 Å². The molecule has 0 atom stereocenters. The Kier molecular flexibility index (Phi) is 7.99. The Labute approximate surface area is 236 Å². The molecular formula is C33H25ClO6. The Hall–Kier alpha value is -4.81. The molecule has 0 amide bonds. The summed E-state index contributed by atoms with van der Waals surface area (Å²) in [6.45, 7) is 4.27. The fourth-order valence-corrected chi connectivity index (χ4v) is 4.02. The molecule has 0 aliphatic rings. The number of rotatable bonds is 8. The van der Waals surface area contributed by atoms with Crippen molar-refractivity contribution in [2.45, 2.75) is 20.5 Å². The highest BCUT2D eigenvalue weighted by atomic mass is 35.5. The fourth-order valence-electron chi connectivity index (χ4n) is 3.90. The van der Waals surface area contributed by atoms with Crippen molar-refractivity contribution in [1.29, 1.82) is 0 Å². The number of halogens is 1. The van der Waals surface area contributed by atoms with Gasteiger partial charge < -0.3 is 18.6 Å². The summed E-state index contributed by atoms with van der Waals surface area (Å²) in [5, 5.41) is 0.996. The zero-order chi connectivity index (χ0) is 28.1. The molecule has 0 saturated heterocycles. The molecule has 0 bridgehead atoms. The molecule has 0 aliphatic carbocycles. The molecule has 4 aromatic carbocycles. The molecule has 0 spiro atoms. The summed E-state index contributed by atoms with van der Waals surface area (Å²) >= 11 is 5.91. The van der Waals surface area contributed by atoms with Crippen molar-refractivity contribution in [1.82, 2.24) is 0 Å². The number of ether oxygens (including phenoxy) is 3. The van der Waals surface area contributed by atoms with Crippen molar-refractivity contribution >= 4 is 34.6 Å². The number of hydrogen-bond donors (Lipinski definition) is 0. The fraction of sp³-hybridized carbons (Fsp3) is 0.0909. The van der Waals surface area contributed by atoms with Gasteiger partial charge in [-0.1, -0.05) is 48.0 Å². The minimum absolute atomic E-state index is 0.0790. The van der Waals surface area contributed by atoms with Crippen LogP contribution in [0.1, 0.15) is 22.3 Å². The number of aryl methyl sites for hydroxylation is 2. The quantitative estimate of drug-likeness (QED) is 0.110. The molecule has 0 unspecified atom stereocenters. The third kappa shape index (κ3) is 6.60. The van der Waals surface area contributed by atoms with E-state index in [9.17, 15) is 9.59 Å². The van der Waals surface area contributed by atoms with E-state index in [1.165, 1.54) is 18.4 Å². The Balaban J connectivity index is 1.20. The van der Waals surface area contributed by atoms with Crippen molar-refractivity contribution in [2.75, 3.05) is 0 Å². The zero-order valence-electron chi connectivity index (χ0n) is 21.8. The maximum absolute atomic E-state index is 13.0. The van der Waals surface area contributed by atoms with E-state index in [0.717, 1.165) is 22.3 Å². The summed E-state index contributed by atoms with van der Waals surface area (Å²) in [5.41, 5.74) is 3.69. The van der Waals surface area contributed by atoms with Gasteiger partial charge in [0.2, 0.25) is 11.2 Å². The van der Waals surface area contributed by atoms with Crippen LogP contribution in [-0.2, 0) is 11.4 Å². The first-order chi connectivity index (χ1) is 19.3. The van der Waals surface area contributed by atoms with E-state index in [0.29, 0.717) is 28.5 Å². The van der Waals surface area contributed by atoms with E-state index in [1.807, 2.05) is 80.6 Å². The summed E-state index contributed by atoms with van der Waals surface area (Å²) in [7, 11) is 0. The second kappa shape index (κ2) is 11.9. The van der Waals surface area contributed by atoms with Crippen LogP contribution in [-0.4, -0.2) is 5.97 Å². The van der Waals surface area contributed by atoms with E-state index < -0.39 is 5.97 Å². The van der Waals surface area contributed by atoms with Crippen LogP contribution in [0.4, 0.5) is 0 Å². The average Bonchev–Trinajstić information content (AvgIpc) is 2.95. The number of carbonyl (C=O) groups is 1. The highest BCUT2D eigenvalue weighted by Gasteiger charge is 2.12. The van der Waals surface area contributed by atoms with Crippen molar-refractivity contribution in [2.24, 2.45) is 0 Å². The molecule has 7 heteroatoms. The van der Waals surface area contributed by atoms with Gasteiger partial charge in [0.25, 0.3) is 0 Å². The average molecular weight is 553 g/mol. The van der Waals surface area contributed by atoms with E-state index in [1.54, 1.807) is 18.2 Å². The van der Waals surface area contributed by atoms with Gasteiger partial charge in [0.1, 0.15) is 35.7 Å². The van der Waals surface area contributed by atoms with Crippen molar-refractivity contribution in [3.8, 4) is 23.0 Å². The molecule has 1 aromatic heterocycles. The SMILES string of the molecule is Cc1ccc(C)c(Oc2coc3cc(OC(=O)/C=C/c4ccc(OCc5ccc(Cl)cc5)cc4)ccc3c2=O)c1. The maximum Gasteiger partial charge on any atom is 0.336 e. The predicted octanol–water partition coefficient (Wildman–Crippen LogP) is 8.05. The van der Waals surface area contributed by atoms with Crippen molar-refractivity contribution < 1.29 is 23.4 Å². The smallest absolute Gasteiger partial charge is 0.336 e. The Morgan fingerprint density at radius 2 is 1.62 bits per heavy atom. The Morgan fingerprint density at radius 1 is 0.875 bits per heavy atom. The molecule has 40 heavy (non-hydrogen) atoms. The van der Waals surface area contributed by atoms with Gasteiger partial charge in [-0.3, -0.25) is 4.79 Å². The van der Waals surface area contributed by atoms with Gasteiger partial charge >= 0.3 is 5.97 Å². The zero-order valence-corrected chi connectivity index (χ0v) is 22.6. The normalized spacial score (nSPS) is 11.1. The summed E-state index contributed by atoms with van der Waals surface area (Å²) in [6, 6.07) is 25.1. The molecule has 6 nitrogen and oxygen atoms in total. The molecule has 0 fully saturated rings. The largest absolute Gasteiger partial charge is 0.489 e. The lowest BCUT2D eigenvalue weighted by Gasteiger charge is -2.09. The van der Waals surface area contributed by atoms with Crippen LogP contribution in [0, 0.1) is 13.8 Å². The number of fused-ring (bicyclic) bond motifs is 1. The topological polar surface area (TPSA) is 75.0 Å². The highest BCUT2D eigenvalue weighted by Crippen LogP contribution is 2.27. The third-order valence-electron chi connectivity index (χ3n) is 6.11. The molecule has 0 N–H and O–H groups in total. The third-order valence-corrected chi connectivity index (χ3v) is 6.36. The van der Waals surface area contributed by atoms with Crippen LogP contribution in [0.5, 0.6) is 23.0 Å². The number of hydrogen-bond acceptors (Lipinski definition) is 6. The van der Waals surface area contributed by atoms with Crippen molar-refractivity contribution in [3.63, 3.8) is 0 Å². The van der Waals surface area contributed by atoms with E-state index in [4.69, 9.17) is 30.2 Å². The first kappa shape index (κ1) is 26.8. The van der Waals surface area contributed by atoms with E-state index in [2.05, 4.69) is 0 Å². The van der Waals surface area contributed by atoms with Crippen LogP contribution in [0.15, 0.2) is 106 Å². The van der Waals surface area contributed by atoms with Crippen molar-refractivity contribution in [3.05, 3.63) is 135 Å². The molecule has 0 aliphatic heterocycles. The molecule has 5 rings (SSSR count). The van der Waals surface area contributed by atoms with Crippen LogP contribution >= 0.6 is 11.6 Å². The minimum Gasteiger partial charge on any atom is -0.489 e. The number of benzene rings is 4. The molecule has 5 aromatic rings. The van der Waals surface area contributed by atoms with Gasteiger partial charge in [0, 0.05) is 17.2 Å². The lowest BCUT2D eigenvalue weighted by atomic mass is 10.1. The highest BCUT2D eigenvalue weighted by molar-refractivity contribution is 6.30. The monoisotopic (exact) mass is 552 g/mol. The molecule has 0 radical (unpaired) electrons. The van der Waals surface area contributed by atoms with Gasteiger partial charge in [0.05, 0.1) is 5.39 Å². The first-order valence-electron chi connectivity index (χ1n) is 12.5. The van der Waals surface area contributed by atoms with Crippen LogP contribution < -0.4 is 19.6 Å². The Morgan fingerprint density at radius 3 is 2.40 bits per heavy atom. The van der Waals surface area contributed by atoms with Crippen LogP contribution in [0.2, 0.25) is 5.02 Å². The second-order valence-corrected chi connectivity index (χ2v) is 9.63. The van der Waals surface area contributed by atoms with Crippen LogP contribution in [0.25, 0.3) is 17.0 Å². The maximum atomic E-state index is 13.0. The van der Waals surface area contributed by atoms with Crippen LogP contribution in [0.3, 0.4) is 0 Å².